The van der Waals surface area contributed by atoms with Gasteiger partial charge in [0.2, 0.25) is 0 Å². The topological polar surface area (TPSA) is 39.4 Å². The molecule has 0 N–H and O–H groups in total. The quantitative estimate of drug-likeness (QED) is 0.778. The molecule has 0 aliphatic carbocycles. The normalized spacial score (nSPS) is 10.6. The van der Waals surface area contributed by atoms with Crippen LogP contribution in [0, 0.1) is 20.8 Å². The molecule has 1 heterocycles. The van der Waals surface area contributed by atoms with Crippen LogP contribution >= 0.6 is 0 Å². The highest BCUT2D eigenvalue weighted by molar-refractivity contribution is 5.82. The van der Waals surface area contributed by atoms with Crippen LogP contribution in [0.3, 0.4) is 0 Å². The lowest BCUT2D eigenvalue weighted by Crippen LogP contribution is -2.08. The highest BCUT2D eigenvalue weighted by Gasteiger charge is 2.12. The molecule has 1 aromatic heterocycles. The van der Waals surface area contributed by atoms with Gasteiger partial charge in [0.05, 0.1) is 5.39 Å². The summed E-state index contributed by atoms with van der Waals surface area (Å²) in [4.78, 5) is 12.1. The lowest BCUT2D eigenvalue weighted by molar-refractivity contribution is 0.360. The maximum absolute atomic E-state index is 12.1. The Hall–Kier alpha value is -2.03. The maximum Gasteiger partial charge on any atom is 0.195 e. The largest absolute Gasteiger partial charge is 0.489 e. The molecular formula is C15H16O3. The summed E-state index contributed by atoms with van der Waals surface area (Å²) in [6.45, 7) is 9.50. The lowest BCUT2D eigenvalue weighted by Gasteiger charge is -2.10. The summed E-state index contributed by atoms with van der Waals surface area (Å²) >= 11 is 0. The third-order valence-corrected chi connectivity index (χ3v) is 3.08. The van der Waals surface area contributed by atoms with Gasteiger partial charge in [-0.2, -0.15) is 0 Å². The molecule has 2 aromatic rings. The highest BCUT2D eigenvalue weighted by atomic mass is 16.5. The van der Waals surface area contributed by atoms with Gasteiger partial charge in [0.25, 0.3) is 0 Å². The van der Waals surface area contributed by atoms with Crippen LogP contribution in [0.1, 0.15) is 16.9 Å². The second-order valence-electron chi connectivity index (χ2n) is 4.28. The van der Waals surface area contributed by atoms with Crippen molar-refractivity contribution in [2.45, 2.75) is 20.8 Å². The zero-order valence-electron chi connectivity index (χ0n) is 10.9. The Labute approximate surface area is 106 Å². The molecule has 3 nitrogen and oxygen atoms in total. The molecular weight excluding hydrogens is 228 g/mol. The zero-order valence-corrected chi connectivity index (χ0v) is 10.9. The molecule has 18 heavy (non-hydrogen) atoms. The zero-order chi connectivity index (χ0) is 13.3. The fourth-order valence-corrected chi connectivity index (χ4v) is 1.88. The minimum atomic E-state index is 0.0205. The molecule has 0 amide bonds. The van der Waals surface area contributed by atoms with Crippen LogP contribution in [0.5, 0.6) is 5.75 Å². The molecule has 0 fully saturated rings. The third kappa shape index (κ3) is 1.92. The third-order valence-electron chi connectivity index (χ3n) is 3.08. The molecule has 0 saturated carbocycles. The lowest BCUT2D eigenvalue weighted by atomic mass is 10.1. The van der Waals surface area contributed by atoms with Gasteiger partial charge in [0.1, 0.15) is 23.7 Å². The Kier molecular flexibility index (Phi) is 3.24. The molecule has 94 valence electrons. The number of hydrogen-bond donors (Lipinski definition) is 0. The van der Waals surface area contributed by atoms with Gasteiger partial charge in [0, 0.05) is 11.1 Å². The van der Waals surface area contributed by atoms with E-state index in [2.05, 4.69) is 6.58 Å². The Morgan fingerprint density at radius 1 is 1.28 bits per heavy atom. The number of ether oxygens (including phenoxy) is 1. The second kappa shape index (κ2) is 4.69. The average molecular weight is 244 g/mol. The van der Waals surface area contributed by atoms with Gasteiger partial charge in [-0.15, -0.1) is 0 Å². The average Bonchev–Trinajstić information content (AvgIpc) is 2.36. The van der Waals surface area contributed by atoms with E-state index in [-0.39, 0.29) is 5.43 Å². The van der Waals surface area contributed by atoms with Crippen molar-refractivity contribution in [3.05, 3.63) is 51.9 Å². The summed E-state index contributed by atoms with van der Waals surface area (Å²) in [7, 11) is 0. The van der Waals surface area contributed by atoms with Crippen LogP contribution in [0.2, 0.25) is 0 Å². The van der Waals surface area contributed by atoms with Gasteiger partial charge >= 0.3 is 0 Å². The van der Waals surface area contributed by atoms with Gasteiger partial charge in [-0.1, -0.05) is 12.7 Å². The summed E-state index contributed by atoms with van der Waals surface area (Å²) < 4.78 is 11.2. The van der Waals surface area contributed by atoms with E-state index < -0.39 is 0 Å². The van der Waals surface area contributed by atoms with E-state index in [1.165, 1.54) is 0 Å². The smallest absolute Gasteiger partial charge is 0.195 e. The van der Waals surface area contributed by atoms with E-state index in [9.17, 15) is 4.79 Å². The fourth-order valence-electron chi connectivity index (χ4n) is 1.88. The molecule has 0 radical (unpaired) electrons. The summed E-state index contributed by atoms with van der Waals surface area (Å²) in [5.41, 5.74) is 2.12. The summed E-state index contributed by atoms with van der Waals surface area (Å²) in [5, 5.41) is 0.599. The van der Waals surface area contributed by atoms with Crippen LogP contribution in [0.15, 0.2) is 34.0 Å². The van der Waals surface area contributed by atoms with Crippen LogP contribution in [-0.2, 0) is 0 Å². The molecule has 1 aromatic carbocycles. The fraction of sp³-hybridized carbons (Fsp3) is 0.267. The van der Waals surface area contributed by atoms with E-state index in [4.69, 9.17) is 9.15 Å². The Morgan fingerprint density at radius 3 is 2.67 bits per heavy atom. The predicted octanol–water partition coefficient (Wildman–Crippen LogP) is 3.28. The van der Waals surface area contributed by atoms with Gasteiger partial charge in [-0.3, -0.25) is 4.79 Å². The Bertz CT molecular complexity index is 665. The first-order valence-corrected chi connectivity index (χ1v) is 5.83. The van der Waals surface area contributed by atoms with Crippen molar-refractivity contribution in [2.75, 3.05) is 6.61 Å². The monoisotopic (exact) mass is 244 g/mol. The summed E-state index contributed by atoms with van der Waals surface area (Å²) in [5.74, 6) is 1.37. The highest BCUT2D eigenvalue weighted by Crippen LogP contribution is 2.27. The van der Waals surface area contributed by atoms with Gasteiger partial charge in [-0.25, -0.2) is 0 Å². The number of hydrogen-bond acceptors (Lipinski definition) is 3. The van der Waals surface area contributed by atoms with E-state index in [0.29, 0.717) is 34.6 Å². The number of aryl methyl sites for hydroxylation is 2. The van der Waals surface area contributed by atoms with E-state index in [1.54, 1.807) is 32.1 Å². The first kappa shape index (κ1) is 12.4. The first-order valence-electron chi connectivity index (χ1n) is 5.83. The van der Waals surface area contributed by atoms with Crippen molar-refractivity contribution >= 4 is 11.0 Å². The van der Waals surface area contributed by atoms with Crippen LogP contribution in [-0.4, -0.2) is 6.61 Å². The van der Waals surface area contributed by atoms with Crippen LogP contribution in [0.4, 0.5) is 0 Å². The number of fused-ring (bicyclic) bond motifs is 1. The van der Waals surface area contributed by atoms with Crippen molar-refractivity contribution < 1.29 is 9.15 Å². The van der Waals surface area contributed by atoms with Gasteiger partial charge < -0.3 is 9.15 Å². The standard InChI is InChI=1S/C15H16O3/c1-5-8-17-13-7-6-12-14(16)9(2)11(4)18-15(12)10(13)3/h5-7H,1,8H2,2-4H3. The Morgan fingerprint density at radius 2 is 2.00 bits per heavy atom. The van der Waals surface area contributed by atoms with E-state index in [0.717, 1.165) is 5.56 Å². The van der Waals surface area contributed by atoms with E-state index >= 15 is 0 Å². The minimum absolute atomic E-state index is 0.0205. The Balaban J connectivity index is 2.71. The molecule has 3 heteroatoms. The van der Waals surface area contributed by atoms with Crippen molar-refractivity contribution in [2.24, 2.45) is 0 Å². The van der Waals surface area contributed by atoms with Crippen molar-refractivity contribution in [3.8, 4) is 5.75 Å². The molecule has 0 unspecified atom stereocenters. The molecule has 0 bridgehead atoms. The SMILES string of the molecule is C=CCOc1ccc2c(=O)c(C)c(C)oc2c1C. The van der Waals surface area contributed by atoms with Crippen molar-refractivity contribution in [1.29, 1.82) is 0 Å². The molecule has 0 spiro atoms. The summed E-state index contributed by atoms with van der Waals surface area (Å²) in [6, 6.07) is 3.55. The van der Waals surface area contributed by atoms with Crippen LogP contribution in [0.25, 0.3) is 11.0 Å². The molecule has 0 aliphatic rings. The van der Waals surface area contributed by atoms with Crippen LogP contribution < -0.4 is 10.2 Å². The number of rotatable bonds is 3. The summed E-state index contributed by atoms with van der Waals surface area (Å²) in [6.07, 6.45) is 1.68. The maximum atomic E-state index is 12.1. The van der Waals surface area contributed by atoms with Crippen molar-refractivity contribution in [1.82, 2.24) is 0 Å². The van der Waals surface area contributed by atoms with Gasteiger partial charge in [0.15, 0.2) is 5.43 Å². The second-order valence-corrected chi connectivity index (χ2v) is 4.28. The molecule has 0 saturated heterocycles. The molecule has 2 rings (SSSR count). The van der Waals surface area contributed by atoms with E-state index in [1.807, 2.05) is 6.92 Å². The minimum Gasteiger partial charge on any atom is -0.489 e. The van der Waals surface area contributed by atoms with Gasteiger partial charge in [-0.05, 0) is 32.9 Å². The predicted molar refractivity (Wildman–Crippen MR) is 72.4 cm³/mol. The molecule has 0 atom stereocenters. The molecule has 0 aliphatic heterocycles. The number of benzene rings is 1. The van der Waals surface area contributed by atoms with Crippen molar-refractivity contribution in [3.63, 3.8) is 0 Å². The first-order chi connectivity index (χ1) is 8.56.